The number of hydrogen-bond acceptors (Lipinski definition) is 4. The molecule has 0 bridgehead atoms. The molecule has 0 unspecified atom stereocenters. The van der Waals surface area contributed by atoms with Crippen molar-refractivity contribution >= 4 is 50.4 Å². The number of benzene rings is 2. The number of nitrogens with one attached hydrogen (secondary N) is 1. The number of hydrogen-bond donors (Lipinski definition) is 1. The molecule has 22 heavy (non-hydrogen) atoms. The molecule has 1 N–H and O–H groups in total. The third kappa shape index (κ3) is 5.44. The topological polar surface area (TPSA) is 33.6 Å². The quantitative estimate of drug-likeness (QED) is 0.456. The lowest BCUT2D eigenvalue weighted by Gasteiger charge is -2.04. The van der Waals surface area contributed by atoms with Crippen LogP contribution >= 0.6 is 39.9 Å². The van der Waals surface area contributed by atoms with Crippen LogP contribution in [0.15, 0.2) is 58.1 Å². The molecule has 0 aliphatic rings. The van der Waals surface area contributed by atoms with Crippen molar-refractivity contribution < 1.29 is 4.74 Å². The van der Waals surface area contributed by atoms with Crippen LogP contribution in [0.2, 0.25) is 0 Å². The van der Waals surface area contributed by atoms with Crippen LogP contribution in [-0.4, -0.2) is 17.6 Å². The minimum Gasteiger partial charge on any atom is -0.497 e. The summed E-state index contributed by atoms with van der Waals surface area (Å²) in [5.74, 6) is 1.61. The Balaban J connectivity index is 1.85. The number of thioether (sulfide) groups is 1. The summed E-state index contributed by atoms with van der Waals surface area (Å²) in [6, 6.07) is 15.9. The zero-order chi connectivity index (χ0) is 15.8. The monoisotopic (exact) mass is 394 g/mol. The summed E-state index contributed by atoms with van der Waals surface area (Å²) in [7, 11) is 1.64. The Morgan fingerprint density at radius 1 is 1.32 bits per heavy atom. The van der Waals surface area contributed by atoms with E-state index in [-0.39, 0.29) is 0 Å². The molecule has 114 valence electrons. The predicted octanol–water partition coefficient (Wildman–Crippen LogP) is 4.60. The molecule has 0 atom stereocenters. The van der Waals surface area contributed by atoms with Crippen molar-refractivity contribution in [1.82, 2.24) is 5.43 Å². The van der Waals surface area contributed by atoms with Gasteiger partial charge in [0.1, 0.15) is 5.75 Å². The second-order valence-electron chi connectivity index (χ2n) is 4.32. The van der Waals surface area contributed by atoms with Crippen LogP contribution in [0.3, 0.4) is 0 Å². The van der Waals surface area contributed by atoms with Crippen molar-refractivity contribution in [3.8, 4) is 5.75 Å². The predicted molar refractivity (Wildman–Crippen MR) is 102 cm³/mol. The first-order chi connectivity index (χ1) is 10.7. The van der Waals surface area contributed by atoms with Crippen LogP contribution < -0.4 is 10.2 Å². The molecule has 0 fully saturated rings. The lowest BCUT2D eigenvalue weighted by Crippen LogP contribution is -2.11. The van der Waals surface area contributed by atoms with Gasteiger partial charge in [0.2, 0.25) is 0 Å². The molecule has 0 aliphatic carbocycles. The molecule has 0 spiro atoms. The number of methoxy groups -OCH3 is 1. The summed E-state index contributed by atoms with van der Waals surface area (Å²) in [4.78, 5) is 0. The molecule has 0 saturated heterocycles. The highest BCUT2D eigenvalue weighted by Crippen LogP contribution is 2.20. The fourth-order valence-corrected chi connectivity index (χ4v) is 2.84. The first kappa shape index (κ1) is 17.0. The number of hydrazone groups is 1. The number of nitrogens with zero attached hydrogens (tertiary/aromatic N) is 1. The Morgan fingerprint density at radius 3 is 2.82 bits per heavy atom. The van der Waals surface area contributed by atoms with E-state index in [0.29, 0.717) is 4.32 Å². The lowest BCUT2D eigenvalue weighted by molar-refractivity contribution is 0.414. The highest BCUT2D eigenvalue weighted by atomic mass is 79.9. The molecule has 6 heteroatoms. The Hall–Kier alpha value is -1.37. The van der Waals surface area contributed by atoms with E-state index < -0.39 is 0 Å². The van der Waals surface area contributed by atoms with E-state index in [9.17, 15) is 0 Å². The zero-order valence-electron chi connectivity index (χ0n) is 12.0. The number of rotatable bonds is 5. The molecule has 0 saturated carbocycles. The molecule has 0 aliphatic heterocycles. The Bertz CT molecular complexity index is 662. The van der Waals surface area contributed by atoms with Crippen LogP contribution in [0, 0.1) is 0 Å². The van der Waals surface area contributed by atoms with Crippen LogP contribution in [0.25, 0.3) is 0 Å². The van der Waals surface area contributed by atoms with Crippen molar-refractivity contribution in [3.63, 3.8) is 0 Å². The molecule has 3 nitrogen and oxygen atoms in total. The highest BCUT2D eigenvalue weighted by Gasteiger charge is 2.00. The average Bonchev–Trinajstić information content (AvgIpc) is 2.55. The molecule has 2 aromatic carbocycles. The number of halogens is 1. The molecular formula is C16H15BrN2OS2. The molecule has 0 radical (unpaired) electrons. The van der Waals surface area contributed by atoms with Gasteiger partial charge in [0.25, 0.3) is 0 Å². The van der Waals surface area contributed by atoms with Gasteiger partial charge in [0, 0.05) is 15.8 Å². The standard InChI is InChI=1S/C16H15BrN2OS2/c1-20-14-7-8-15(17)13(9-14)10-18-19-16(21)22-11-12-5-3-2-4-6-12/h2-10H,11H2,1H3,(H,19,21)/b18-10+. The van der Waals surface area contributed by atoms with Crippen molar-refractivity contribution in [2.45, 2.75) is 5.75 Å². The first-order valence-electron chi connectivity index (χ1n) is 6.52. The van der Waals surface area contributed by atoms with E-state index in [1.807, 2.05) is 36.4 Å². The summed E-state index contributed by atoms with van der Waals surface area (Å²) in [5, 5.41) is 4.17. The van der Waals surface area contributed by atoms with Gasteiger partial charge in [-0.15, -0.1) is 0 Å². The fraction of sp³-hybridized carbons (Fsp3) is 0.125. The second-order valence-corrected chi connectivity index (χ2v) is 6.83. The van der Waals surface area contributed by atoms with Crippen LogP contribution in [0.1, 0.15) is 11.1 Å². The van der Waals surface area contributed by atoms with Crippen LogP contribution in [0.4, 0.5) is 0 Å². The maximum absolute atomic E-state index is 5.25. The van der Waals surface area contributed by atoms with Crippen LogP contribution in [0.5, 0.6) is 5.75 Å². The van der Waals surface area contributed by atoms with E-state index in [1.165, 1.54) is 5.56 Å². The zero-order valence-corrected chi connectivity index (χ0v) is 15.2. The maximum atomic E-state index is 5.25. The van der Waals surface area contributed by atoms with Crippen molar-refractivity contribution in [2.24, 2.45) is 5.10 Å². The van der Waals surface area contributed by atoms with E-state index >= 15 is 0 Å². The summed E-state index contributed by atoms with van der Waals surface area (Å²) in [6.07, 6.45) is 1.71. The number of thiocarbonyl (C=S) groups is 1. The third-order valence-electron chi connectivity index (χ3n) is 2.78. The van der Waals surface area contributed by atoms with Gasteiger partial charge < -0.3 is 4.74 Å². The summed E-state index contributed by atoms with van der Waals surface area (Å²) in [5.41, 5.74) is 5.02. The fourth-order valence-electron chi connectivity index (χ4n) is 1.66. The van der Waals surface area contributed by atoms with Crippen molar-refractivity contribution in [2.75, 3.05) is 7.11 Å². The van der Waals surface area contributed by atoms with Gasteiger partial charge in [0.05, 0.1) is 13.3 Å². The summed E-state index contributed by atoms with van der Waals surface area (Å²) >= 11 is 10.3. The minimum absolute atomic E-state index is 0.638. The average molecular weight is 395 g/mol. The molecule has 0 aromatic heterocycles. The molecule has 2 aromatic rings. The van der Waals surface area contributed by atoms with Crippen molar-refractivity contribution in [3.05, 3.63) is 64.1 Å². The van der Waals surface area contributed by atoms with E-state index in [0.717, 1.165) is 21.5 Å². The van der Waals surface area contributed by atoms with Gasteiger partial charge in [-0.2, -0.15) is 5.10 Å². The Labute approximate surface area is 148 Å². The Kier molecular flexibility index (Phi) is 6.89. The SMILES string of the molecule is COc1ccc(Br)c(/C=N/NC(=S)SCc2ccccc2)c1. The lowest BCUT2D eigenvalue weighted by atomic mass is 10.2. The van der Waals surface area contributed by atoms with E-state index in [4.69, 9.17) is 17.0 Å². The van der Waals surface area contributed by atoms with E-state index in [1.54, 1.807) is 25.1 Å². The van der Waals surface area contributed by atoms with Gasteiger partial charge in [-0.05, 0) is 23.8 Å². The smallest absolute Gasteiger partial charge is 0.154 e. The highest BCUT2D eigenvalue weighted by molar-refractivity contribution is 9.10. The molecule has 2 rings (SSSR count). The molecule has 0 amide bonds. The van der Waals surface area contributed by atoms with Gasteiger partial charge in [-0.25, -0.2) is 0 Å². The summed E-state index contributed by atoms with van der Waals surface area (Å²) in [6.45, 7) is 0. The molecule has 0 heterocycles. The second kappa shape index (κ2) is 8.92. The van der Waals surface area contributed by atoms with E-state index in [2.05, 4.69) is 38.6 Å². The normalized spacial score (nSPS) is 10.6. The summed E-state index contributed by atoms with van der Waals surface area (Å²) < 4.78 is 6.78. The van der Waals surface area contributed by atoms with Gasteiger partial charge in [0.15, 0.2) is 4.32 Å². The van der Waals surface area contributed by atoms with Gasteiger partial charge in [-0.1, -0.05) is 70.2 Å². The largest absolute Gasteiger partial charge is 0.497 e. The molecular weight excluding hydrogens is 380 g/mol. The Morgan fingerprint density at radius 2 is 2.09 bits per heavy atom. The van der Waals surface area contributed by atoms with Crippen molar-refractivity contribution in [1.29, 1.82) is 0 Å². The number of ether oxygens (including phenoxy) is 1. The van der Waals surface area contributed by atoms with Gasteiger partial charge >= 0.3 is 0 Å². The van der Waals surface area contributed by atoms with Crippen LogP contribution in [-0.2, 0) is 5.75 Å². The van der Waals surface area contributed by atoms with Gasteiger partial charge in [-0.3, -0.25) is 5.43 Å². The maximum Gasteiger partial charge on any atom is 0.154 e. The first-order valence-corrected chi connectivity index (χ1v) is 8.71. The minimum atomic E-state index is 0.638. The third-order valence-corrected chi connectivity index (χ3v) is 4.77.